The summed E-state index contributed by atoms with van der Waals surface area (Å²) >= 11 is 0. The number of aryl methyl sites for hydroxylation is 1. The zero-order valence-electron chi connectivity index (χ0n) is 15.7. The molecule has 0 N–H and O–H groups in total. The fourth-order valence-electron chi connectivity index (χ4n) is 4.91. The highest BCUT2D eigenvalue weighted by molar-refractivity contribution is 5.36. The molecule has 1 aromatic carbocycles. The molecular weight excluding hydrogens is 288 g/mol. The Kier molecular flexibility index (Phi) is 6.42. The Morgan fingerprint density at radius 3 is 2.00 bits per heavy atom. The molecule has 0 radical (unpaired) electrons. The van der Waals surface area contributed by atoms with Gasteiger partial charge in [-0.25, -0.2) is 0 Å². The van der Waals surface area contributed by atoms with Gasteiger partial charge < -0.3 is 0 Å². The van der Waals surface area contributed by atoms with Crippen molar-refractivity contribution in [3.05, 3.63) is 35.4 Å². The standard InChI is InChI=1S/C24H34/c1-3-4-20-11-15-23(16-12-20)24-17-13-22(14-18-24)10-9-21-7-5-19(2)6-8-21/h5-8,20,22-24H,3-4,11-18H2,1-2H3/t20-,22-,23-,24-. The molecule has 0 spiro atoms. The van der Waals surface area contributed by atoms with Crippen molar-refractivity contribution in [2.45, 2.75) is 78.1 Å². The zero-order valence-corrected chi connectivity index (χ0v) is 15.7. The van der Waals surface area contributed by atoms with Crippen molar-refractivity contribution in [2.24, 2.45) is 23.7 Å². The molecule has 0 bridgehead atoms. The van der Waals surface area contributed by atoms with E-state index in [1.54, 1.807) is 0 Å². The van der Waals surface area contributed by atoms with Crippen LogP contribution in [0.4, 0.5) is 0 Å². The van der Waals surface area contributed by atoms with E-state index < -0.39 is 0 Å². The molecule has 0 amide bonds. The van der Waals surface area contributed by atoms with E-state index in [1.807, 2.05) is 0 Å². The van der Waals surface area contributed by atoms with Crippen molar-refractivity contribution in [1.29, 1.82) is 0 Å². The molecule has 2 fully saturated rings. The number of benzene rings is 1. The van der Waals surface area contributed by atoms with Crippen LogP contribution in [0.3, 0.4) is 0 Å². The van der Waals surface area contributed by atoms with Crippen molar-refractivity contribution in [3.8, 4) is 11.8 Å². The Balaban J connectivity index is 1.44. The first kappa shape index (κ1) is 17.6. The van der Waals surface area contributed by atoms with E-state index >= 15 is 0 Å². The minimum atomic E-state index is 0.638. The highest BCUT2D eigenvalue weighted by Crippen LogP contribution is 2.42. The molecule has 130 valence electrons. The SMILES string of the molecule is CCC[C@H]1CC[C@H]([C@H]2CC[C@H](C#Cc3ccc(C)cc3)CC2)CC1. The Labute approximate surface area is 149 Å². The smallest absolute Gasteiger partial charge is 0.0245 e. The van der Waals surface area contributed by atoms with E-state index in [0.717, 1.165) is 17.8 Å². The van der Waals surface area contributed by atoms with Gasteiger partial charge in [0.05, 0.1) is 0 Å². The predicted octanol–water partition coefficient (Wildman–Crippen LogP) is 6.76. The van der Waals surface area contributed by atoms with Gasteiger partial charge in [-0.3, -0.25) is 0 Å². The maximum atomic E-state index is 3.55. The van der Waals surface area contributed by atoms with Crippen LogP contribution in [-0.2, 0) is 0 Å². The summed E-state index contributed by atoms with van der Waals surface area (Å²) < 4.78 is 0. The molecule has 0 unspecified atom stereocenters. The largest absolute Gasteiger partial charge is 0.0945 e. The number of hydrogen-bond donors (Lipinski definition) is 0. The predicted molar refractivity (Wildman–Crippen MR) is 104 cm³/mol. The minimum absolute atomic E-state index is 0.638. The van der Waals surface area contributed by atoms with Gasteiger partial charge in [0, 0.05) is 11.5 Å². The van der Waals surface area contributed by atoms with Gasteiger partial charge in [-0.05, 0) is 75.3 Å². The molecular formula is C24H34. The third-order valence-electron chi connectivity index (χ3n) is 6.50. The first-order valence-corrected chi connectivity index (χ1v) is 10.3. The van der Waals surface area contributed by atoms with E-state index in [4.69, 9.17) is 0 Å². The first-order chi connectivity index (χ1) is 11.7. The van der Waals surface area contributed by atoms with Gasteiger partial charge in [0.15, 0.2) is 0 Å². The summed E-state index contributed by atoms with van der Waals surface area (Å²) in [6.45, 7) is 4.47. The molecule has 0 aromatic heterocycles. The van der Waals surface area contributed by atoms with E-state index in [2.05, 4.69) is 50.0 Å². The number of hydrogen-bond acceptors (Lipinski definition) is 0. The topological polar surface area (TPSA) is 0 Å². The molecule has 3 rings (SSSR count). The average molecular weight is 323 g/mol. The lowest BCUT2D eigenvalue weighted by molar-refractivity contribution is 0.154. The maximum absolute atomic E-state index is 3.55. The first-order valence-electron chi connectivity index (χ1n) is 10.3. The molecule has 2 aliphatic carbocycles. The second kappa shape index (κ2) is 8.75. The minimum Gasteiger partial charge on any atom is -0.0945 e. The lowest BCUT2D eigenvalue weighted by atomic mass is 9.69. The summed E-state index contributed by atoms with van der Waals surface area (Å²) in [7, 11) is 0. The molecule has 2 saturated carbocycles. The van der Waals surface area contributed by atoms with Crippen molar-refractivity contribution >= 4 is 0 Å². The average Bonchev–Trinajstić information content (AvgIpc) is 2.63. The van der Waals surface area contributed by atoms with Crippen LogP contribution in [0.2, 0.25) is 0 Å². The Bertz CT molecular complexity index is 540. The van der Waals surface area contributed by atoms with E-state index in [0.29, 0.717) is 5.92 Å². The monoisotopic (exact) mass is 322 g/mol. The molecule has 2 aliphatic rings. The summed E-state index contributed by atoms with van der Waals surface area (Å²) in [5, 5.41) is 0. The summed E-state index contributed by atoms with van der Waals surface area (Å²) in [6.07, 6.45) is 14.4. The van der Waals surface area contributed by atoms with Crippen molar-refractivity contribution in [3.63, 3.8) is 0 Å². The second-order valence-electron chi connectivity index (χ2n) is 8.32. The number of rotatable bonds is 3. The van der Waals surface area contributed by atoms with Gasteiger partial charge in [-0.2, -0.15) is 0 Å². The summed E-state index contributed by atoms with van der Waals surface area (Å²) in [5.41, 5.74) is 2.49. The maximum Gasteiger partial charge on any atom is 0.0245 e. The van der Waals surface area contributed by atoms with E-state index in [9.17, 15) is 0 Å². The summed E-state index contributed by atoms with van der Waals surface area (Å²) in [4.78, 5) is 0. The van der Waals surface area contributed by atoms with Crippen LogP contribution in [0, 0.1) is 42.4 Å². The highest BCUT2D eigenvalue weighted by Gasteiger charge is 2.30. The second-order valence-corrected chi connectivity index (χ2v) is 8.32. The van der Waals surface area contributed by atoms with Crippen LogP contribution in [0.15, 0.2) is 24.3 Å². The summed E-state index contributed by atoms with van der Waals surface area (Å²) in [6, 6.07) is 8.64. The lowest BCUT2D eigenvalue weighted by Gasteiger charge is -2.37. The van der Waals surface area contributed by atoms with Crippen LogP contribution in [0.25, 0.3) is 0 Å². The van der Waals surface area contributed by atoms with Gasteiger partial charge in [0.25, 0.3) is 0 Å². The normalized spacial score (nSPS) is 30.4. The van der Waals surface area contributed by atoms with Crippen LogP contribution < -0.4 is 0 Å². The van der Waals surface area contributed by atoms with Gasteiger partial charge in [0.2, 0.25) is 0 Å². The highest BCUT2D eigenvalue weighted by atomic mass is 14.3. The van der Waals surface area contributed by atoms with Gasteiger partial charge >= 0.3 is 0 Å². The summed E-state index contributed by atoms with van der Waals surface area (Å²) in [5.74, 6) is 10.7. The van der Waals surface area contributed by atoms with E-state index in [-0.39, 0.29) is 0 Å². The quantitative estimate of drug-likeness (QED) is 0.539. The fraction of sp³-hybridized carbons (Fsp3) is 0.667. The molecule has 0 aliphatic heterocycles. The van der Waals surface area contributed by atoms with Gasteiger partial charge in [-0.15, -0.1) is 0 Å². The third-order valence-corrected chi connectivity index (χ3v) is 6.50. The van der Waals surface area contributed by atoms with Crippen molar-refractivity contribution in [2.75, 3.05) is 0 Å². The third kappa shape index (κ3) is 4.89. The molecule has 0 saturated heterocycles. The zero-order chi connectivity index (χ0) is 16.8. The molecule has 0 atom stereocenters. The fourth-order valence-corrected chi connectivity index (χ4v) is 4.91. The van der Waals surface area contributed by atoms with E-state index in [1.165, 1.54) is 75.3 Å². The van der Waals surface area contributed by atoms with Crippen LogP contribution in [-0.4, -0.2) is 0 Å². The Morgan fingerprint density at radius 1 is 0.833 bits per heavy atom. The Hall–Kier alpha value is -1.22. The lowest BCUT2D eigenvalue weighted by Crippen LogP contribution is -2.25. The van der Waals surface area contributed by atoms with Crippen molar-refractivity contribution < 1.29 is 0 Å². The molecule has 0 heterocycles. The molecule has 1 aromatic rings. The van der Waals surface area contributed by atoms with Gasteiger partial charge in [-0.1, -0.05) is 62.1 Å². The molecule has 0 nitrogen and oxygen atoms in total. The van der Waals surface area contributed by atoms with Crippen molar-refractivity contribution in [1.82, 2.24) is 0 Å². The molecule has 0 heteroatoms. The van der Waals surface area contributed by atoms with Crippen LogP contribution >= 0.6 is 0 Å². The van der Waals surface area contributed by atoms with Crippen LogP contribution in [0.1, 0.15) is 82.3 Å². The van der Waals surface area contributed by atoms with Crippen LogP contribution in [0.5, 0.6) is 0 Å². The Morgan fingerprint density at radius 2 is 1.42 bits per heavy atom. The molecule has 24 heavy (non-hydrogen) atoms. The van der Waals surface area contributed by atoms with Gasteiger partial charge in [0.1, 0.15) is 0 Å².